The molecule has 5 fully saturated rings. The number of carbonyl (C=O) groups is 2. The van der Waals surface area contributed by atoms with Crippen molar-refractivity contribution in [3.05, 3.63) is 5.82 Å². The zero-order valence-corrected chi connectivity index (χ0v) is 71.9. The van der Waals surface area contributed by atoms with Crippen LogP contribution in [-0.2, 0) is 28.7 Å². The first-order valence-corrected chi connectivity index (χ1v) is 42.5. The van der Waals surface area contributed by atoms with Gasteiger partial charge < -0.3 is 40.1 Å². The lowest BCUT2D eigenvalue weighted by molar-refractivity contribution is -0.293. The first-order valence-electron chi connectivity index (χ1n) is 42.5. The molecule has 5 saturated heterocycles. The van der Waals surface area contributed by atoms with Gasteiger partial charge in [0.15, 0.2) is 0 Å². The van der Waals surface area contributed by atoms with Crippen molar-refractivity contribution in [3.8, 4) is 0 Å². The first kappa shape index (κ1) is 90.8. The van der Waals surface area contributed by atoms with Gasteiger partial charge in [0.05, 0.1) is 13.2 Å². The Hall–Kier alpha value is -2.77. The van der Waals surface area contributed by atoms with Gasteiger partial charge in [-0.3, -0.25) is 19.3 Å². The molecule has 103 heavy (non-hydrogen) atoms. The van der Waals surface area contributed by atoms with Crippen LogP contribution in [0, 0.1) is 6.92 Å². The van der Waals surface area contributed by atoms with Crippen molar-refractivity contribution in [1.82, 2.24) is 45.9 Å². The van der Waals surface area contributed by atoms with Gasteiger partial charge in [-0.05, 0) is 242 Å². The highest BCUT2D eigenvalue weighted by molar-refractivity contribution is 5.70. The lowest BCUT2D eigenvalue weighted by atomic mass is 9.79. The van der Waals surface area contributed by atoms with Crippen molar-refractivity contribution in [1.29, 1.82) is 0 Å². The number of hydrogen-bond acceptors (Lipinski definition) is 17. The van der Waals surface area contributed by atoms with E-state index in [0.717, 1.165) is 166 Å². The van der Waals surface area contributed by atoms with E-state index in [1.165, 1.54) is 103 Å². The molecule has 0 radical (unpaired) electrons. The number of aryl methyl sites for hydroxylation is 1. The Labute approximate surface area is 633 Å². The molecule has 0 unspecified atom stereocenters. The van der Waals surface area contributed by atoms with Gasteiger partial charge >= 0.3 is 11.9 Å². The third-order valence-electron chi connectivity index (χ3n) is 22.8. The minimum absolute atomic E-state index is 0.0390. The maximum Gasteiger partial charge on any atom is 0.306 e. The number of carbonyl (C=O) groups excluding carboxylic acids is 2. The SMILES string of the molecule is CCCCCCCCON1C(C)(C)CC(OC(=O)CCCCCCCCC(=O)OC2CC(C)(C)N(OCCCCCCCC)C(C)(C)C2)CC1(C)C.CCCCN(c1nc(C)nc(N(CCCCCCN(C)C2CC(C)(C)NC(C)(C)C2)C2CC(C)(C)NC(C)(C)C2)n1)C1CC(C)(C)NC(C)(C)C1. The Morgan fingerprint density at radius 2 is 0.650 bits per heavy atom. The van der Waals surface area contributed by atoms with Crippen molar-refractivity contribution in [2.75, 3.05) is 49.7 Å². The Balaban J connectivity index is 0.000000371. The Kier molecular flexibility index (Phi) is 36.0. The molecule has 0 aromatic carbocycles. The van der Waals surface area contributed by atoms with Crippen molar-refractivity contribution in [2.45, 2.75) is 483 Å². The average Bonchev–Trinajstić information content (AvgIpc) is 0.785. The summed E-state index contributed by atoms with van der Waals surface area (Å²) in [4.78, 5) is 61.6. The summed E-state index contributed by atoms with van der Waals surface area (Å²) in [6.07, 6.45) is 38.6. The van der Waals surface area contributed by atoms with Gasteiger partial charge in [-0.2, -0.15) is 25.1 Å². The normalized spacial score (nSPS) is 22.5. The second kappa shape index (κ2) is 40.8. The number of unbranched alkanes of at least 4 members (excludes halogenated alkanes) is 19. The van der Waals surface area contributed by atoms with Crippen LogP contribution in [-0.4, -0.2) is 168 Å². The molecule has 5 aliphatic heterocycles. The number of anilines is 2. The Bertz CT molecular complexity index is 2460. The zero-order valence-electron chi connectivity index (χ0n) is 71.9. The predicted molar refractivity (Wildman–Crippen MR) is 432 cm³/mol. The number of esters is 2. The Morgan fingerprint density at radius 1 is 0.369 bits per heavy atom. The Morgan fingerprint density at radius 3 is 0.990 bits per heavy atom. The first-order chi connectivity index (χ1) is 47.9. The van der Waals surface area contributed by atoms with E-state index in [2.05, 4.69) is 214 Å². The van der Waals surface area contributed by atoms with Crippen molar-refractivity contribution < 1.29 is 28.7 Å². The molecule has 600 valence electrons. The van der Waals surface area contributed by atoms with Gasteiger partial charge in [0.1, 0.15) is 18.0 Å². The van der Waals surface area contributed by atoms with Crippen LogP contribution in [0.4, 0.5) is 11.9 Å². The third kappa shape index (κ3) is 32.0. The largest absolute Gasteiger partial charge is 0.462 e. The second-order valence-electron chi connectivity index (χ2n) is 39.7. The molecule has 0 aliphatic carbocycles. The van der Waals surface area contributed by atoms with Crippen LogP contribution in [0.15, 0.2) is 0 Å². The number of piperidine rings is 5. The highest BCUT2D eigenvalue weighted by Crippen LogP contribution is 2.43. The van der Waals surface area contributed by atoms with Crippen molar-refractivity contribution >= 4 is 23.8 Å². The molecule has 6 heterocycles. The number of ether oxygens (including phenoxy) is 2. The van der Waals surface area contributed by atoms with E-state index in [1.54, 1.807) is 0 Å². The second-order valence-corrected chi connectivity index (χ2v) is 39.7. The molecule has 5 aliphatic rings. The fourth-order valence-corrected chi connectivity index (χ4v) is 19.7. The summed E-state index contributed by atoms with van der Waals surface area (Å²) in [7, 11) is 2.35. The number of nitrogens with one attached hydrogen (secondary N) is 3. The van der Waals surface area contributed by atoms with Crippen molar-refractivity contribution in [3.63, 3.8) is 0 Å². The molecule has 0 atom stereocenters. The minimum atomic E-state index is -0.201. The van der Waals surface area contributed by atoms with E-state index in [4.69, 9.17) is 34.1 Å². The predicted octanol–water partition coefficient (Wildman–Crippen LogP) is 19.8. The van der Waals surface area contributed by atoms with Crippen LogP contribution >= 0.6 is 0 Å². The molecule has 0 spiro atoms. The van der Waals surface area contributed by atoms with E-state index in [9.17, 15) is 9.59 Å². The molecule has 3 N–H and O–H groups in total. The highest BCUT2D eigenvalue weighted by atomic mass is 16.7. The van der Waals surface area contributed by atoms with Crippen molar-refractivity contribution in [2.24, 2.45) is 0 Å². The van der Waals surface area contributed by atoms with Gasteiger partial charge in [0.2, 0.25) is 11.9 Å². The van der Waals surface area contributed by atoms with Gasteiger partial charge in [-0.1, -0.05) is 130 Å². The number of hydroxylamine groups is 4. The summed E-state index contributed by atoms with van der Waals surface area (Å²) in [6, 6.07) is 1.38. The van der Waals surface area contributed by atoms with E-state index in [1.807, 2.05) is 0 Å². The summed E-state index contributed by atoms with van der Waals surface area (Å²) in [6.45, 7) is 59.4. The zero-order chi connectivity index (χ0) is 76.7. The number of nitrogens with zero attached hydrogens (tertiary/aromatic N) is 8. The van der Waals surface area contributed by atoms with Crippen LogP contribution in [0.3, 0.4) is 0 Å². The van der Waals surface area contributed by atoms with Gasteiger partial charge in [0.25, 0.3) is 0 Å². The summed E-state index contributed by atoms with van der Waals surface area (Å²) in [5, 5.41) is 16.0. The fraction of sp³-hybridized carbons (Fsp3) is 0.942. The minimum Gasteiger partial charge on any atom is -0.462 e. The maximum atomic E-state index is 12.8. The molecular weight excluding hydrogens is 1280 g/mol. The molecule has 0 saturated carbocycles. The van der Waals surface area contributed by atoms with E-state index >= 15 is 0 Å². The van der Waals surface area contributed by atoms with Crippen LogP contribution in [0.5, 0.6) is 0 Å². The van der Waals surface area contributed by atoms with Crippen LogP contribution in [0.25, 0.3) is 0 Å². The number of hydrogen-bond donors (Lipinski definition) is 3. The maximum absolute atomic E-state index is 12.8. The standard InChI is InChI=1S/C44H84N2O6.C42H81N9/c1-11-13-15-17-23-27-31-49-45-41(3,4)33-37(34-42(45,5)6)51-39(47)29-25-21-19-20-22-26-30-40(48)52-38-35-43(7,8)46(44(9,10)36-38)50-32-28-24-18-16-14-12-2;1-16-17-23-50(33-27-39(7,8)47-40(9,10)28-33)35-43-31(2)44-36(45-35)51(34-29-41(11,12)48-42(13,14)30-34)24-21-19-18-20-22-49(15)32-25-37(3,4)46-38(5,6)26-32/h37-38H,11-36H2,1-10H3;32-34,46-48H,16-30H2,1-15H3. The number of aromatic nitrogens is 3. The number of rotatable bonds is 42. The van der Waals surface area contributed by atoms with Crippen LogP contribution in [0.1, 0.15) is 396 Å². The molecular formula is C86H165N11O6. The lowest BCUT2D eigenvalue weighted by Gasteiger charge is -2.53. The van der Waals surface area contributed by atoms with Gasteiger partial charge in [-0.25, -0.2) is 0 Å². The fourth-order valence-electron chi connectivity index (χ4n) is 19.7. The molecule has 17 nitrogen and oxygen atoms in total. The average molecular weight is 1450 g/mol. The van der Waals surface area contributed by atoms with Gasteiger partial charge in [-0.15, -0.1) is 0 Å². The molecule has 6 rings (SSSR count). The topological polar surface area (TPSA) is 162 Å². The highest BCUT2D eigenvalue weighted by Gasteiger charge is 2.50. The molecule has 0 bridgehead atoms. The summed E-state index contributed by atoms with van der Waals surface area (Å²) >= 11 is 0. The quantitative estimate of drug-likeness (QED) is 0.0418. The molecule has 1 aromatic heterocycles. The summed E-state index contributed by atoms with van der Waals surface area (Å²) in [5.74, 6) is 2.41. The molecule has 0 amide bonds. The third-order valence-corrected chi connectivity index (χ3v) is 22.8. The molecule has 17 heteroatoms. The monoisotopic (exact) mass is 1450 g/mol. The van der Waals surface area contributed by atoms with Crippen LogP contribution in [0.2, 0.25) is 0 Å². The van der Waals surface area contributed by atoms with Gasteiger partial charge in [0, 0.05) is 125 Å². The van der Waals surface area contributed by atoms with Crippen LogP contribution < -0.4 is 25.8 Å². The van der Waals surface area contributed by atoms with E-state index < -0.39 is 0 Å². The van der Waals surface area contributed by atoms with E-state index in [-0.39, 0.29) is 79.5 Å². The lowest BCUT2D eigenvalue weighted by Crippen LogP contribution is -2.63. The molecule has 1 aromatic rings. The van der Waals surface area contributed by atoms with E-state index in [0.29, 0.717) is 31.0 Å². The smallest absolute Gasteiger partial charge is 0.306 e. The summed E-state index contributed by atoms with van der Waals surface area (Å²) in [5.41, 5.74) is -0.255. The summed E-state index contributed by atoms with van der Waals surface area (Å²) < 4.78 is 12.0.